The minimum atomic E-state index is -0.153. The van der Waals surface area contributed by atoms with E-state index in [1.807, 2.05) is 18.2 Å². The van der Waals surface area contributed by atoms with Crippen LogP contribution in [0.1, 0.15) is 27.5 Å². The highest BCUT2D eigenvalue weighted by Crippen LogP contribution is 2.37. The Hall–Kier alpha value is -4.07. The molecule has 0 saturated carbocycles. The lowest BCUT2D eigenvalue weighted by molar-refractivity contribution is 0.102. The number of pyridine rings is 1. The standard InChI is InChI=1S/C25H21N3O5/c1-30-17-5-6-21-19(10-17)20-9-16(14-33-23(20)12-26-21)28-13-15(11-27-28)24(29)18-3-2-4-22-25(18)32-8-7-31-22/h2-6,10-13,16H,7-9,14H2,1H3. The molecule has 2 aliphatic heterocycles. The largest absolute Gasteiger partial charge is 0.497 e. The van der Waals surface area contributed by atoms with E-state index < -0.39 is 0 Å². The van der Waals surface area contributed by atoms with Crippen molar-refractivity contribution in [1.82, 2.24) is 14.8 Å². The van der Waals surface area contributed by atoms with Crippen LogP contribution >= 0.6 is 0 Å². The molecule has 2 aromatic heterocycles. The normalized spacial score (nSPS) is 16.7. The average Bonchev–Trinajstić information content (AvgIpc) is 3.37. The Bertz CT molecular complexity index is 1370. The van der Waals surface area contributed by atoms with Crippen molar-refractivity contribution in [2.24, 2.45) is 0 Å². The molecule has 0 spiro atoms. The zero-order chi connectivity index (χ0) is 22.4. The Balaban J connectivity index is 1.30. The van der Waals surface area contributed by atoms with Crippen molar-refractivity contribution in [3.05, 3.63) is 71.7 Å². The molecule has 2 aliphatic rings. The van der Waals surface area contributed by atoms with Crippen molar-refractivity contribution in [2.75, 3.05) is 26.9 Å². The van der Waals surface area contributed by atoms with Crippen LogP contribution in [0, 0.1) is 0 Å². The SMILES string of the molecule is COc1ccc2ncc3c(c2c1)CC(n1cc(C(=O)c2cccc4c2OCCO4)cn1)CO3. The van der Waals surface area contributed by atoms with Gasteiger partial charge in [0.05, 0.1) is 42.2 Å². The van der Waals surface area contributed by atoms with Crippen LogP contribution in [-0.2, 0) is 6.42 Å². The molecule has 0 saturated heterocycles. The summed E-state index contributed by atoms with van der Waals surface area (Å²) in [6.07, 6.45) is 5.83. The number of methoxy groups -OCH3 is 1. The van der Waals surface area contributed by atoms with Gasteiger partial charge in [0.25, 0.3) is 0 Å². The summed E-state index contributed by atoms with van der Waals surface area (Å²) in [5, 5.41) is 5.48. The van der Waals surface area contributed by atoms with E-state index in [2.05, 4.69) is 10.1 Å². The minimum Gasteiger partial charge on any atom is -0.497 e. The average molecular weight is 443 g/mol. The maximum absolute atomic E-state index is 13.2. The van der Waals surface area contributed by atoms with Gasteiger partial charge in [-0.2, -0.15) is 5.10 Å². The third-order valence-electron chi connectivity index (χ3n) is 6.07. The maximum Gasteiger partial charge on any atom is 0.200 e. The van der Waals surface area contributed by atoms with Crippen molar-refractivity contribution in [1.29, 1.82) is 0 Å². The molecule has 1 unspecified atom stereocenters. The fraction of sp³-hybridized carbons (Fsp3) is 0.240. The number of para-hydroxylation sites is 1. The highest BCUT2D eigenvalue weighted by atomic mass is 16.6. The second-order valence-corrected chi connectivity index (χ2v) is 8.02. The number of carbonyl (C=O) groups excluding carboxylic acids is 1. The Morgan fingerprint density at radius 2 is 2.00 bits per heavy atom. The number of aromatic nitrogens is 3. The van der Waals surface area contributed by atoms with E-state index in [9.17, 15) is 4.79 Å². The number of rotatable bonds is 4. The number of fused-ring (bicyclic) bond motifs is 4. The van der Waals surface area contributed by atoms with Crippen molar-refractivity contribution >= 4 is 16.7 Å². The summed E-state index contributed by atoms with van der Waals surface area (Å²) in [5.41, 5.74) is 2.90. The van der Waals surface area contributed by atoms with Gasteiger partial charge in [-0.15, -0.1) is 0 Å². The Kier molecular flexibility index (Phi) is 4.64. The highest BCUT2D eigenvalue weighted by molar-refractivity contribution is 6.11. The number of ketones is 1. The van der Waals surface area contributed by atoms with E-state index in [1.54, 1.807) is 48.6 Å². The van der Waals surface area contributed by atoms with Gasteiger partial charge < -0.3 is 18.9 Å². The third-order valence-corrected chi connectivity index (χ3v) is 6.07. The summed E-state index contributed by atoms with van der Waals surface area (Å²) in [6.45, 7) is 1.34. The summed E-state index contributed by atoms with van der Waals surface area (Å²) >= 11 is 0. The van der Waals surface area contributed by atoms with Gasteiger partial charge in [0.1, 0.15) is 31.3 Å². The lowest BCUT2D eigenvalue weighted by Gasteiger charge is -2.26. The second kappa shape index (κ2) is 7.81. The van der Waals surface area contributed by atoms with Crippen molar-refractivity contribution < 1.29 is 23.7 Å². The van der Waals surface area contributed by atoms with E-state index in [0.717, 1.165) is 28.0 Å². The lowest BCUT2D eigenvalue weighted by Crippen LogP contribution is -2.25. The van der Waals surface area contributed by atoms with Crippen molar-refractivity contribution in [3.8, 4) is 23.0 Å². The molecule has 0 bridgehead atoms. The van der Waals surface area contributed by atoms with Crippen molar-refractivity contribution in [2.45, 2.75) is 12.5 Å². The van der Waals surface area contributed by atoms with Gasteiger partial charge >= 0.3 is 0 Å². The molecule has 8 nitrogen and oxygen atoms in total. The van der Waals surface area contributed by atoms with Gasteiger partial charge in [0.15, 0.2) is 17.3 Å². The molecule has 1 atom stereocenters. The zero-order valence-corrected chi connectivity index (χ0v) is 18.0. The predicted molar refractivity (Wildman–Crippen MR) is 120 cm³/mol. The van der Waals surface area contributed by atoms with Crippen molar-refractivity contribution in [3.63, 3.8) is 0 Å². The number of hydrogen-bond acceptors (Lipinski definition) is 7. The van der Waals surface area contributed by atoms with Crippen LogP contribution in [0.5, 0.6) is 23.0 Å². The molecular weight excluding hydrogens is 422 g/mol. The molecule has 2 aromatic carbocycles. The van der Waals surface area contributed by atoms with Gasteiger partial charge in [-0.25, -0.2) is 0 Å². The van der Waals surface area contributed by atoms with Gasteiger partial charge in [-0.3, -0.25) is 14.5 Å². The Labute approximate surface area is 189 Å². The van der Waals surface area contributed by atoms with Gasteiger partial charge in [0, 0.05) is 23.6 Å². The summed E-state index contributed by atoms with van der Waals surface area (Å²) in [7, 11) is 1.65. The van der Waals surface area contributed by atoms with Gasteiger partial charge in [-0.1, -0.05) is 6.07 Å². The Morgan fingerprint density at radius 1 is 1.09 bits per heavy atom. The first kappa shape index (κ1) is 19.6. The Morgan fingerprint density at radius 3 is 2.91 bits per heavy atom. The quantitative estimate of drug-likeness (QED) is 0.446. The number of benzene rings is 2. The highest BCUT2D eigenvalue weighted by Gasteiger charge is 2.27. The second-order valence-electron chi connectivity index (χ2n) is 8.02. The molecule has 33 heavy (non-hydrogen) atoms. The lowest BCUT2D eigenvalue weighted by atomic mass is 9.99. The van der Waals surface area contributed by atoms with Crippen LogP contribution < -0.4 is 18.9 Å². The predicted octanol–water partition coefficient (Wildman–Crippen LogP) is 3.62. The first-order chi connectivity index (χ1) is 16.2. The molecule has 8 heteroatoms. The summed E-state index contributed by atoms with van der Waals surface area (Å²) in [6, 6.07) is 11.1. The number of ether oxygens (including phenoxy) is 4. The smallest absolute Gasteiger partial charge is 0.200 e. The molecule has 0 aliphatic carbocycles. The van der Waals surface area contributed by atoms with Gasteiger partial charge in [-0.05, 0) is 30.3 Å². The van der Waals surface area contributed by atoms with Crippen LogP contribution in [0.15, 0.2) is 55.0 Å². The summed E-state index contributed by atoms with van der Waals surface area (Å²) in [5.74, 6) is 2.46. The molecule has 0 radical (unpaired) electrons. The monoisotopic (exact) mass is 443 g/mol. The van der Waals surface area contributed by atoms with Crippen LogP contribution in [0.3, 0.4) is 0 Å². The third kappa shape index (κ3) is 3.34. The van der Waals surface area contributed by atoms with E-state index >= 15 is 0 Å². The van der Waals surface area contributed by atoms with E-state index in [0.29, 0.717) is 48.9 Å². The van der Waals surface area contributed by atoms with E-state index in [1.165, 1.54) is 0 Å². The molecule has 6 rings (SSSR count). The zero-order valence-electron chi connectivity index (χ0n) is 18.0. The maximum atomic E-state index is 13.2. The molecule has 0 amide bonds. The molecule has 0 fully saturated rings. The summed E-state index contributed by atoms with van der Waals surface area (Å²) < 4.78 is 24.5. The molecule has 4 heterocycles. The van der Waals surface area contributed by atoms with Crippen LogP contribution in [0.4, 0.5) is 0 Å². The van der Waals surface area contributed by atoms with Crippen LogP contribution in [0.2, 0.25) is 0 Å². The van der Waals surface area contributed by atoms with Crippen LogP contribution in [-0.4, -0.2) is 47.5 Å². The van der Waals surface area contributed by atoms with E-state index in [4.69, 9.17) is 18.9 Å². The molecule has 166 valence electrons. The fourth-order valence-electron chi connectivity index (χ4n) is 4.38. The fourth-order valence-corrected chi connectivity index (χ4v) is 4.38. The van der Waals surface area contributed by atoms with E-state index in [-0.39, 0.29) is 11.8 Å². The molecular formula is C25H21N3O5. The van der Waals surface area contributed by atoms with Crippen LogP contribution in [0.25, 0.3) is 10.9 Å². The minimum absolute atomic E-state index is 0.0554. The molecule has 0 N–H and O–H groups in total. The molecule has 4 aromatic rings. The first-order valence-corrected chi connectivity index (χ1v) is 10.8. The number of hydrogen-bond donors (Lipinski definition) is 0. The number of nitrogens with zero attached hydrogens (tertiary/aromatic N) is 3. The first-order valence-electron chi connectivity index (χ1n) is 10.8. The number of carbonyl (C=O) groups is 1. The summed E-state index contributed by atoms with van der Waals surface area (Å²) in [4.78, 5) is 17.7. The topological polar surface area (TPSA) is 84.7 Å². The van der Waals surface area contributed by atoms with Gasteiger partial charge in [0.2, 0.25) is 0 Å².